The molecule has 1 amide bonds. The zero-order valence-electron chi connectivity index (χ0n) is 9.07. The van der Waals surface area contributed by atoms with Crippen LogP contribution < -0.4 is 16.2 Å². The van der Waals surface area contributed by atoms with Crippen LogP contribution in [0.3, 0.4) is 0 Å². The van der Waals surface area contributed by atoms with Crippen molar-refractivity contribution in [2.24, 2.45) is 11.5 Å². The summed E-state index contributed by atoms with van der Waals surface area (Å²) in [4.78, 5) is 10.6. The van der Waals surface area contributed by atoms with Gasteiger partial charge in [-0.3, -0.25) is 4.79 Å². The van der Waals surface area contributed by atoms with Crippen molar-refractivity contribution in [3.8, 4) is 5.75 Å². The molecule has 16 heavy (non-hydrogen) atoms. The maximum Gasteiger partial charge on any atom is 0.234 e. The summed E-state index contributed by atoms with van der Waals surface area (Å²) in [7, 11) is 0. The molecule has 4 nitrogen and oxygen atoms in total. The van der Waals surface area contributed by atoms with Gasteiger partial charge in [0.25, 0.3) is 0 Å². The van der Waals surface area contributed by atoms with Crippen LogP contribution in [0.5, 0.6) is 5.75 Å². The van der Waals surface area contributed by atoms with Crippen LogP contribution in [0, 0.1) is 12.7 Å². The van der Waals surface area contributed by atoms with Crippen LogP contribution in [0.1, 0.15) is 12.0 Å². The minimum absolute atomic E-state index is 0.274. The van der Waals surface area contributed by atoms with Gasteiger partial charge in [0, 0.05) is 6.42 Å². The molecular formula is C11H15FN2O2. The smallest absolute Gasteiger partial charge is 0.234 e. The number of aryl methyl sites for hydroxylation is 1. The summed E-state index contributed by atoms with van der Waals surface area (Å²) in [5.41, 5.74) is 11.1. The van der Waals surface area contributed by atoms with Gasteiger partial charge in [0.2, 0.25) is 5.91 Å². The first-order chi connectivity index (χ1) is 7.50. The number of ether oxygens (including phenoxy) is 1. The molecule has 0 saturated heterocycles. The number of hydrogen-bond donors (Lipinski definition) is 2. The normalized spacial score (nSPS) is 12.2. The van der Waals surface area contributed by atoms with E-state index in [0.717, 1.165) is 0 Å². The Kier molecular flexibility index (Phi) is 4.25. The van der Waals surface area contributed by atoms with Crippen LogP contribution in [-0.4, -0.2) is 18.6 Å². The van der Waals surface area contributed by atoms with Crippen molar-refractivity contribution in [3.63, 3.8) is 0 Å². The van der Waals surface area contributed by atoms with Gasteiger partial charge in [0.15, 0.2) is 0 Å². The molecule has 1 rings (SSSR count). The summed E-state index contributed by atoms with van der Waals surface area (Å²) in [5.74, 6) is -0.281. The van der Waals surface area contributed by atoms with Crippen LogP contribution in [0.2, 0.25) is 0 Å². The highest BCUT2D eigenvalue weighted by Crippen LogP contribution is 2.18. The average molecular weight is 226 g/mol. The van der Waals surface area contributed by atoms with Gasteiger partial charge in [-0.2, -0.15) is 0 Å². The molecule has 0 aliphatic carbocycles. The second kappa shape index (κ2) is 5.46. The van der Waals surface area contributed by atoms with Crippen molar-refractivity contribution in [1.82, 2.24) is 0 Å². The molecule has 0 spiro atoms. The van der Waals surface area contributed by atoms with E-state index in [9.17, 15) is 9.18 Å². The van der Waals surface area contributed by atoms with E-state index in [2.05, 4.69) is 0 Å². The predicted octanol–water partition coefficient (Wildman–Crippen LogP) is 0.716. The van der Waals surface area contributed by atoms with Crippen LogP contribution >= 0.6 is 0 Å². The third kappa shape index (κ3) is 3.51. The number of benzene rings is 1. The molecular weight excluding hydrogens is 211 g/mol. The van der Waals surface area contributed by atoms with E-state index in [1.807, 2.05) is 0 Å². The molecule has 1 atom stereocenters. The molecule has 0 fully saturated rings. The molecule has 5 heteroatoms. The van der Waals surface area contributed by atoms with Gasteiger partial charge in [0.1, 0.15) is 11.6 Å². The Balaban J connectivity index is 2.46. The largest absolute Gasteiger partial charge is 0.493 e. The second-order valence-electron chi connectivity index (χ2n) is 3.56. The molecule has 0 heterocycles. The monoisotopic (exact) mass is 226 g/mol. The van der Waals surface area contributed by atoms with Gasteiger partial charge < -0.3 is 16.2 Å². The lowest BCUT2D eigenvalue weighted by Gasteiger charge is -2.11. The third-order valence-electron chi connectivity index (χ3n) is 2.19. The standard InChI is InChI=1S/C11H15FN2O2/c1-7-6-8(12)2-3-10(7)16-5-4-9(13)11(14)15/h2-3,6,9H,4-5,13H2,1H3,(H2,14,15). The van der Waals surface area contributed by atoms with E-state index in [0.29, 0.717) is 17.7 Å². The highest BCUT2D eigenvalue weighted by Gasteiger charge is 2.09. The van der Waals surface area contributed by atoms with Gasteiger partial charge in [0.05, 0.1) is 12.6 Å². The van der Waals surface area contributed by atoms with Gasteiger partial charge in [-0.25, -0.2) is 4.39 Å². The van der Waals surface area contributed by atoms with Crippen LogP contribution in [-0.2, 0) is 4.79 Å². The first-order valence-corrected chi connectivity index (χ1v) is 4.94. The molecule has 4 N–H and O–H groups in total. The zero-order valence-corrected chi connectivity index (χ0v) is 9.07. The Labute approximate surface area is 93.4 Å². The highest BCUT2D eigenvalue weighted by atomic mass is 19.1. The number of primary amides is 1. The van der Waals surface area contributed by atoms with Crippen LogP contribution in [0.15, 0.2) is 18.2 Å². The van der Waals surface area contributed by atoms with E-state index in [1.54, 1.807) is 13.0 Å². The van der Waals surface area contributed by atoms with E-state index in [1.165, 1.54) is 12.1 Å². The number of carbonyl (C=O) groups is 1. The molecule has 0 bridgehead atoms. The summed E-state index contributed by atoms with van der Waals surface area (Å²) in [6.07, 6.45) is 0.339. The third-order valence-corrected chi connectivity index (χ3v) is 2.19. The Morgan fingerprint density at radius 3 is 2.81 bits per heavy atom. The van der Waals surface area contributed by atoms with Crippen molar-refractivity contribution in [3.05, 3.63) is 29.6 Å². The zero-order chi connectivity index (χ0) is 12.1. The lowest BCUT2D eigenvalue weighted by Crippen LogP contribution is -2.37. The van der Waals surface area contributed by atoms with E-state index < -0.39 is 11.9 Å². The first-order valence-electron chi connectivity index (χ1n) is 4.94. The number of rotatable bonds is 5. The van der Waals surface area contributed by atoms with Crippen molar-refractivity contribution in [2.45, 2.75) is 19.4 Å². The fraction of sp³-hybridized carbons (Fsp3) is 0.364. The van der Waals surface area contributed by atoms with Gasteiger partial charge >= 0.3 is 0 Å². The summed E-state index contributed by atoms with van der Waals surface area (Å²) in [6, 6.07) is 3.53. The Morgan fingerprint density at radius 1 is 1.56 bits per heavy atom. The summed E-state index contributed by atoms with van der Waals surface area (Å²) < 4.78 is 18.1. The molecule has 1 aromatic carbocycles. The van der Waals surface area contributed by atoms with Crippen molar-refractivity contribution >= 4 is 5.91 Å². The number of halogens is 1. The molecule has 0 aliphatic rings. The van der Waals surface area contributed by atoms with E-state index >= 15 is 0 Å². The van der Waals surface area contributed by atoms with Gasteiger partial charge in [-0.15, -0.1) is 0 Å². The summed E-state index contributed by atoms with van der Waals surface area (Å²) >= 11 is 0. The molecule has 1 aromatic rings. The minimum atomic E-state index is -0.708. The van der Waals surface area contributed by atoms with Crippen LogP contribution in [0.4, 0.5) is 4.39 Å². The Bertz CT molecular complexity index is 382. The minimum Gasteiger partial charge on any atom is -0.493 e. The molecule has 0 saturated carbocycles. The molecule has 0 aliphatic heterocycles. The molecule has 88 valence electrons. The van der Waals surface area contributed by atoms with Gasteiger partial charge in [-0.05, 0) is 30.7 Å². The maximum atomic E-state index is 12.8. The van der Waals surface area contributed by atoms with Crippen molar-refractivity contribution in [1.29, 1.82) is 0 Å². The summed E-state index contributed by atoms with van der Waals surface area (Å²) in [6.45, 7) is 2.02. The lowest BCUT2D eigenvalue weighted by atomic mass is 10.2. The fourth-order valence-electron chi connectivity index (χ4n) is 1.21. The quantitative estimate of drug-likeness (QED) is 0.776. The topological polar surface area (TPSA) is 78.3 Å². The fourth-order valence-corrected chi connectivity index (χ4v) is 1.21. The highest BCUT2D eigenvalue weighted by molar-refractivity contribution is 5.79. The second-order valence-corrected chi connectivity index (χ2v) is 3.56. The van der Waals surface area contributed by atoms with E-state index in [-0.39, 0.29) is 12.4 Å². The Morgan fingerprint density at radius 2 is 2.25 bits per heavy atom. The Hall–Kier alpha value is -1.62. The number of amides is 1. The predicted molar refractivity (Wildman–Crippen MR) is 58.4 cm³/mol. The molecule has 0 radical (unpaired) electrons. The average Bonchev–Trinajstić information content (AvgIpc) is 2.20. The number of carbonyl (C=O) groups excluding carboxylic acids is 1. The molecule has 0 aromatic heterocycles. The first kappa shape index (κ1) is 12.4. The SMILES string of the molecule is Cc1cc(F)ccc1OCCC(N)C(N)=O. The number of nitrogens with two attached hydrogens (primary N) is 2. The molecule has 1 unspecified atom stereocenters. The lowest BCUT2D eigenvalue weighted by molar-refractivity contribution is -0.119. The van der Waals surface area contributed by atoms with Crippen molar-refractivity contribution in [2.75, 3.05) is 6.61 Å². The van der Waals surface area contributed by atoms with Crippen molar-refractivity contribution < 1.29 is 13.9 Å². The summed E-state index contributed by atoms with van der Waals surface area (Å²) in [5, 5.41) is 0. The number of hydrogen-bond acceptors (Lipinski definition) is 3. The maximum absolute atomic E-state index is 12.8. The van der Waals surface area contributed by atoms with E-state index in [4.69, 9.17) is 16.2 Å². The van der Waals surface area contributed by atoms with Crippen LogP contribution in [0.25, 0.3) is 0 Å². The van der Waals surface area contributed by atoms with Gasteiger partial charge in [-0.1, -0.05) is 0 Å².